The molecular formula is C18H16FNO3S. The summed E-state index contributed by atoms with van der Waals surface area (Å²) in [5.41, 5.74) is 1.69. The smallest absolute Gasteiger partial charge is 0.258 e. The highest BCUT2D eigenvalue weighted by Crippen LogP contribution is 2.26. The van der Waals surface area contributed by atoms with E-state index < -0.39 is 27.6 Å². The van der Waals surface area contributed by atoms with Crippen LogP contribution < -0.4 is 4.90 Å². The Labute approximate surface area is 140 Å². The van der Waals surface area contributed by atoms with Gasteiger partial charge < -0.3 is 4.90 Å². The minimum atomic E-state index is -3.33. The SMILES string of the molecule is Cc1cccc(N(C(=O)c2cccc(F)c2)[C@H]2C=CS(=O)(=O)C2)c1. The lowest BCUT2D eigenvalue weighted by Gasteiger charge is -2.28. The summed E-state index contributed by atoms with van der Waals surface area (Å²) in [6.07, 6.45) is 1.49. The topological polar surface area (TPSA) is 54.5 Å². The summed E-state index contributed by atoms with van der Waals surface area (Å²) in [5.74, 6) is -1.13. The first-order chi connectivity index (χ1) is 11.4. The Morgan fingerprint density at radius 1 is 1.17 bits per heavy atom. The molecule has 0 aromatic heterocycles. The number of hydrogen-bond donors (Lipinski definition) is 0. The Morgan fingerprint density at radius 2 is 1.92 bits per heavy atom. The molecule has 0 unspecified atom stereocenters. The Hall–Kier alpha value is -2.47. The molecule has 4 nitrogen and oxygen atoms in total. The maximum absolute atomic E-state index is 13.5. The highest BCUT2D eigenvalue weighted by atomic mass is 32.2. The van der Waals surface area contributed by atoms with E-state index in [0.717, 1.165) is 17.0 Å². The number of halogens is 1. The van der Waals surface area contributed by atoms with Crippen molar-refractivity contribution >= 4 is 21.4 Å². The minimum absolute atomic E-state index is 0.175. The van der Waals surface area contributed by atoms with Crippen LogP contribution in [0.3, 0.4) is 0 Å². The van der Waals surface area contributed by atoms with Crippen molar-refractivity contribution in [2.45, 2.75) is 13.0 Å². The Bertz CT molecular complexity index is 921. The van der Waals surface area contributed by atoms with Gasteiger partial charge in [0.25, 0.3) is 5.91 Å². The number of aryl methyl sites for hydroxylation is 1. The molecule has 0 saturated heterocycles. The van der Waals surface area contributed by atoms with Crippen molar-refractivity contribution in [2.75, 3.05) is 10.7 Å². The third-order valence-electron chi connectivity index (χ3n) is 3.81. The van der Waals surface area contributed by atoms with Crippen LogP contribution in [0.25, 0.3) is 0 Å². The van der Waals surface area contributed by atoms with Gasteiger partial charge in [0.1, 0.15) is 5.82 Å². The van der Waals surface area contributed by atoms with E-state index in [1.54, 1.807) is 18.2 Å². The van der Waals surface area contributed by atoms with Gasteiger partial charge in [-0.2, -0.15) is 0 Å². The highest BCUT2D eigenvalue weighted by molar-refractivity contribution is 7.94. The quantitative estimate of drug-likeness (QED) is 0.859. The lowest BCUT2D eigenvalue weighted by molar-refractivity contribution is 0.0982. The molecule has 1 aliphatic rings. The standard InChI is InChI=1S/C18H16FNO3S/c1-13-4-2-7-16(10-13)20(17-8-9-24(22,23)12-17)18(21)14-5-3-6-15(19)11-14/h2-11,17H,12H2,1H3/t17-/m0/s1. The van der Waals surface area contributed by atoms with Crippen LogP contribution in [0.2, 0.25) is 0 Å². The number of carbonyl (C=O) groups excluding carboxylic acids is 1. The third kappa shape index (κ3) is 3.38. The molecule has 3 rings (SSSR count). The summed E-state index contributed by atoms with van der Waals surface area (Å²) in [6.45, 7) is 1.88. The van der Waals surface area contributed by atoms with E-state index in [2.05, 4.69) is 0 Å². The number of anilines is 1. The second-order valence-electron chi connectivity index (χ2n) is 5.75. The molecular weight excluding hydrogens is 329 g/mol. The van der Waals surface area contributed by atoms with Crippen molar-refractivity contribution in [2.24, 2.45) is 0 Å². The highest BCUT2D eigenvalue weighted by Gasteiger charge is 2.32. The number of hydrogen-bond acceptors (Lipinski definition) is 3. The normalized spacial score (nSPS) is 18.5. The monoisotopic (exact) mass is 345 g/mol. The summed E-state index contributed by atoms with van der Waals surface area (Å²) in [5, 5.41) is 1.12. The van der Waals surface area contributed by atoms with E-state index >= 15 is 0 Å². The van der Waals surface area contributed by atoms with Gasteiger partial charge in [-0.25, -0.2) is 12.8 Å². The zero-order valence-corrected chi connectivity index (χ0v) is 13.8. The van der Waals surface area contributed by atoms with Gasteiger partial charge in [0, 0.05) is 16.7 Å². The molecule has 0 N–H and O–H groups in total. The molecule has 0 aliphatic carbocycles. The molecule has 1 amide bonds. The zero-order chi connectivity index (χ0) is 17.3. The van der Waals surface area contributed by atoms with Crippen LogP contribution in [0.15, 0.2) is 60.0 Å². The van der Waals surface area contributed by atoms with Gasteiger partial charge in [-0.05, 0) is 48.9 Å². The van der Waals surface area contributed by atoms with Crippen LogP contribution in [0.4, 0.5) is 10.1 Å². The molecule has 2 aromatic rings. The second-order valence-corrected chi connectivity index (χ2v) is 7.68. The fraction of sp³-hybridized carbons (Fsp3) is 0.167. The van der Waals surface area contributed by atoms with Gasteiger partial charge in [-0.1, -0.05) is 18.2 Å². The van der Waals surface area contributed by atoms with Gasteiger partial charge in [-0.15, -0.1) is 0 Å². The van der Waals surface area contributed by atoms with Gasteiger partial charge in [-0.3, -0.25) is 4.79 Å². The van der Waals surface area contributed by atoms with Gasteiger partial charge in [0.2, 0.25) is 0 Å². The first kappa shape index (κ1) is 16.4. The summed E-state index contributed by atoms with van der Waals surface area (Å²) in [4.78, 5) is 14.3. The fourth-order valence-corrected chi connectivity index (χ4v) is 3.99. The average molecular weight is 345 g/mol. The van der Waals surface area contributed by atoms with E-state index in [4.69, 9.17) is 0 Å². The molecule has 124 valence electrons. The molecule has 2 aromatic carbocycles. The molecule has 1 aliphatic heterocycles. The maximum Gasteiger partial charge on any atom is 0.258 e. The number of carbonyl (C=O) groups is 1. The number of benzene rings is 2. The second kappa shape index (κ2) is 6.20. The predicted molar refractivity (Wildman–Crippen MR) is 91.1 cm³/mol. The average Bonchev–Trinajstić information content (AvgIpc) is 2.87. The first-order valence-corrected chi connectivity index (χ1v) is 9.14. The largest absolute Gasteiger partial charge is 0.300 e. The number of sulfone groups is 1. The Balaban J connectivity index is 2.05. The van der Waals surface area contributed by atoms with Crippen molar-refractivity contribution in [1.29, 1.82) is 0 Å². The summed E-state index contributed by atoms with van der Waals surface area (Å²) in [6, 6.07) is 12.0. The number of nitrogens with zero attached hydrogens (tertiary/aromatic N) is 1. The lowest BCUT2D eigenvalue weighted by atomic mass is 10.1. The van der Waals surface area contributed by atoms with Gasteiger partial charge >= 0.3 is 0 Å². The molecule has 0 radical (unpaired) electrons. The molecule has 0 saturated carbocycles. The first-order valence-electron chi connectivity index (χ1n) is 7.42. The summed E-state index contributed by atoms with van der Waals surface area (Å²) >= 11 is 0. The van der Waals surface area contributed by atoms with Crippen LogP contribution >= 0.6 is 0 Å². The van der Waals surface area contributed by atoms with E-state index in [-0.39, 0.29) is 11.3 Å². The summed E-state index contributed by atoms with van der Waals surface area (Å²) < 4.78 is 37.0. The number of rotatable bonds is 3. The molecule has 1 heterocycles. The Kier molecular flexibility index (Phi) is 4.24. The van der Waals surface area contributed by atoms with E-state index in [9.17, 15) is 17.6 Å². The molecule has 0 bridgehead atoms. The van der Waals surface area contributed by atoms with Crippen molar-refractivity contribution in [1.82, 2.24) is 0 Å². The summed E-state index contributed by atoms with van der Waals surface area (Å²) in [7, 11) is -3.33. The van der Waals surface area contributed by atoms with Crippen molar-refractivity contribution in [3.8, 4) is 0 Å². The Morgan fingerprint density at radius 3 is 2.54 bits per heavy atom. The third-order valence-corrected chi connectivity index (χ3v) is 5.19. The van der Waals surface area contributed by atoms with Crippen molar-refractivity contribution in [3.05, 3.63) is 77.0 Å². The van der Waals surface area contributed by atoms with Crippen molar-refractivity contribution in [3.63, 3.8) is 0 Å². The van der Waals surface area contributed by atoms with E-state index in [1.807, 2.05) is 13.0 Å². The lowest BCUT2D eigenvalue weighted by Crippen LogP contribution is -2.41. The van der Waals surface area contributed by atoms with Crippen LogP contribution in [0.1, 0.15) is 15.9 Å². The van der Waals surface area contributed by atoms with E-state index in [1.165, 1.54) is 29.2 Å². The number of amides is 1. The predicted octanol–water partition coefficient (Wildman–Crippen LogP) is 3.09. The van der Waals surface area contributed by atoms with Crippen LogP contribution in [-0.2, 0) is 9.84 Å². The molecule has 0 fully saturated rings. The molecule has 1 atom stereocenters. The minimum Gasteiger partial charge on any atom is -0.300 e. The maximum atomic E-state index is 13.5. The van der Waals surface area contributed by atoms with Gasteiger partial charge in [0.15, 0.2) is 9.84 Å². The molecule has 0 spiro atoms. The molecule has 24 heavy (non-hydrogen) atoms. The van der Waals surface area contributed by atoms with Crippen LogP contribution in [0.5, 0.6) is 0 Å². The van der Waals surface area contributed by atoms with Crippen molar-refractivity contribution < 1.29 is 17.6 Å². The van der Waals surface area contributed by atoms with Crippen LogP contribution in [-0.4, -0.2) is 26.1 Å². The zero-order valence-electron chi connectivity index (χ0n) is 13.0. The van der Waals surface area contributed by atoms with Crippen LogP contribution in [0, 0.1) is 12.7 Å². The fourth-order valence-electron chi connectivity index (χ4n) is 2.72. The molecule has 6 heteroatoms. The van der Waals surface area contributed by atoms with E-state index in [0.29, 0.717) is 5.69 Å². The van der Waals surface area contributed by atoms with Gasteiger partial charge in [0.05, 0.1) is 11.8 Å².